The van der Waals surface area contributed by atoms with E-state index >= 15 is 0 Å². The highest BCUT2D eigenvalue weighted by atomic mass is 19.2. The standard InChI is InChI=1S/C20H21F3N2O2/c1-12-10-25(11-13(2)27-12)19-6-3-14(7-18(19)23)9-24-20(26)15-4-5-16(21)17(22)8-15/h3-8,12-13H,9-11H2,1-2H3,(H,24,26). The summed E-state index contributed by atoms with van der Waals surface area (Å²) in [7, 11) is 0. The van der Waals surface area contributed by atoms with Gasteiger partial charge in [-0.2, -0.15) is 0 Å². The predicted octanol–water partition coefficient (Wildman–Crippen LogP) is 3.65. The molecule has 0 aliphatic carbocycles. The third-order valence-corrected chi connectivity index (χ3v) is 4.41. The Morgan fingerprint density at radius 3 is 2.37 bits per heavy atom. The molecular formula is C20H21F3N2O2. The normalized spacial score (nSPS) is 19.8. The number of morpholine rings is 1. The summed E-state index contributed by atoms with van der Waals surface area (Å²) < 4.78 is 46.4. The van der Waals surface area contributed by atoms with Gasteiger partial charge in [0.1, 0.15) is 5.82 Å². The molecule has 1 heterocycles. The second-order valence-corrected chi connectivity index (χ2v) is 6.76. The molecule has 144 valence electrons. The highest BCUT2D eigenvalue weighted by Gasteiger charge is 2.24. The summed E-state index contributed by atoms with van der Waals surface area (Å²) in [6.45, 7) is 5.18. The van der Waals surface area contributed by atoms with E-state index in [-0.39, 0.29) is 30.1 Å². The highest BCUT2D eigenvalue weighted by Crippen LogP contribution is 2.24. The van der Waals surface area contributed by atoms with Gasteiger partial charge in [-0.1, -0.05) is 6.07 Å². The Kier molecular flexibility index (Phi) is 5.70. The lowest BCUT2D eigenvalue weighted by Crippen LogP contribution is -2.45. The van der Waals surface area contributed by atoms with Crippen molar-refractivity contribution in [1.29, 1.82) is 0 Å². The Morgan fingerprint density at radius 1 is 1.04 bits per heavy atom. The van der Waals surface area contributed by atoms with Crippen molar-refractivity contribution in [2.75, 3.05) is 18.0 Å². The van der Waals surface area contributed by atoms with E-state index in [0.29, 0.717) is 24.3 Å². The minimum atomic E-state index is -1.09. The van der Waals surface area contributed by atoms with Crippen molar-refractivity contribution >= 4 is 11.6 Å². The number of halogens is 3. The monoisotopic (exact) mass is 378 g/mol. The zero-order chi connectivity index (χ0) is 19.6. The number of ether oxygens (including phenoxy) is 1. The lowest BCUT2D eigenvalue weighted by molar-refractivity contribution is -0.00539. The zero-order valence-corrected chi connectivity index (χ0v) is 15.1. The van der Waals surface area contributed by atoms with Gasteiger partial charge in [0.2, 0.25) is 0 Å². The summed E-state index contributed by atoms with van der Waals surface area (Å²) in [5.41, 5.74) is 1.07. The molecule has 0 bridgehead atoms. The van der Waals surface area contributed by atoms with Crippen LogP contribution in [0.15, 0.2) is 36.4 Å². The molecule has 0 spiro atoms. The fraction of sp³-hybridized carbons (Fsp3) is 0.350. The van der Waals surface area contributed by atoms with Gasteiger partial charge in [-0.3, -0.25) is 4.79 Å². The lowest BCUT2D eigenvalue weighted by atomic mass is 10.1. The molecule has 2 unspecified atom stereocenters. The fourth-order valence-corrected chi connectivity index (χ4v) is 3.21. The Balaban J connectivity index is 1.65. The molecule has 1 aliphatic heterocycles. The average Bonchev–Trinajstić information content (AvgIpc) is 2.61. The van der Waals surface area contributed by atoms with Crippen LogP contribution in [-0.4, -0.2) is 31.2 Å². The van der Waals surface area contributed by atoms with Gasteiger partial charge in [-0.15, -0.1) is 0 Å². The fourth-order valence-electron chi connectivity index (χ4n) is 3.21. The molecule has 1 N–H and O–H groups in total. The summed E-state index contributed by atoms with van der Waals surface area (Å²) in [5, 5.41) is 2.57. The first-order chi connectivity index (χ1) is 12.8. The summed E-state index contributed by atoms with van der Waals surface area (Å²) in [4.78, 5) is 14.0. The van der Waals surface area contributed by atoms with E-state index in [0.717, 1.165) is 12.1 Å². The number of anilines is 1. The van der Waals surface area contributed by atoms with Gasteiger partial charge in [-0.05, 0) is 49.7 Å². The molecule has 1 fully saturated rings. The quantitative estimate of drug-likeness (QED) is 0.883. The number of hydrogen-bond acceptors (Lipinski definition) is 3. The third-order valence-electron chi connectivity index (χ3n) is 4.41. The van der Waals surface area contributed by atoms with Crippen LogP contribution in [0.4, 0.5) is 18.9 Å². The second-order valence-electron chi connectivity index (χ2n) is 6.76. The Labute approximate surface area is 155 Å². The summed E-state index contributed by atoms with van der Waals surface area (Å²) in [5.74, 6) is -3.05. The van der Waals surface area contributed by atoms with Crippen molar-refractivity contribution < 1.29 is 22.7 Å². The molecule has 1 saturated heterocycles. The van der Waals surface area contributed by atoms with Crippen LogP contribution < -0.4 is 10.2 Å². The molecule has 2 aromatic rings. The number of carbonyl (C=O) groups is 1. The highest BCUT2D eigenvalue weighted by molar-refractivity contribution is 5.94. The van der Waals surface area contributed by atoms with Gasteiger partial charge in [0.05, 0.1) is 17.9 Å². The first-order valence-corrected chi connectivity index (χ1v) is 8.75. The van der Waals surface area contributed by atoms with Crippen LogP contribution in [0.3, 0.4) is 0 Å². The molecule has 2 aromatic carbocycles. The molecule has 1 amide bonds. The first-order valence-electron chi connectivity index (χ1n) is 8.75. The van der Waals surface area contributed by atoms with Crippen LogP contribution in [0.1, 0.15) is 29.8 Å². The van der Waals surface area contributed by atoms with Crippen LogP contribution in [0, 0.1) is 17.5 Å². The summed E-state index contributed by atoms with van der Waals surface area (Å²) in [6.07, 6.45) is 0.0337. The van der Waals surface area contributed by atoms with Gasteiger partial charge in [0, 0.05) is 25.2 Å². The maximum absolute atomic E-state index is 14.5. The predicted molar refractivity (Wildman–Crippen MR) is 96.2 cm³/mol. The van der Waals surface area contributed by atoms with Gasteiger partial charge in [0.15, 0.2) is 11.6 Å². The largest absolute Gasteiger partial charge is 0.372 e. The van der Waals surface area contributed by atoms with Gasteiger partial charge < -0.3 is 15.0 Å². The SMILES string of the molecule is CC1CN(c2ccc(CNC(=O)c3ccc(F)c(F)c3)cc2F)CC(C)O1. The van der Waals surface area contributed by atoms with Crippen LogP contribution in [0.2, 0.25) is 0 Å². The molecule has 0 aromatic heterocycles. The van der Waals surface area contributed by atoms with Crippen molar-refractivity contribution in [2.45, 2.75) is 32.6 Å². The van der Waals surface area contributed by atoms with E-state index in [4.69, 9.17) is 4.74 Å². The summed E-state index contributed by atoms with van der Waals surface area (Å²) in [6, 6.07) is 7.69. The molecule has 3 rings (SSSR count). The van der Waals surface area contributed by atoms with Crippen molar-refractivity contribution in [3.8, 4) is 0 Å². The van der Waals surface area contributed by atoms with Crippen LogP contribution in [-0.2, 0) is 11.3 Å². The molecule has 4 nitrogen and oxygen atoms in total. The number of benzene rings is 2. The van der Waals surface area contributed by atoms with Gasteiger partial charge >= 0.3 is 0 Å². The maximum Gasteiger partial charge on any atom is 0.251 e. The molecule has 0 saturated carbocycles. The van der Waals surface area contributed by atoms with Crippen molar-refractivity contribution in [1.82, 2.24) is 5.32 Å². The van der Waals surface area contributed by atoms with Gasteiger partial charge in [-0.25, -0.2) is 13.2 Å². The summed E-state index contributed by atoms with van der Waals surface area (Å²) >= 11 is 0. The average molecular weight is 378 g/mol. The molecule has 27 heavy (non-hydrogen) atoms. The lowest BCUT2D eigenvalue weighted by Gasteiger charge is -2.37. The van der Waals surface area contributed by atoms with Gasteiger partial charge in [0.25, 0.3) is 5.91 Å². The smallest absolute Gasteiger partial charge is 0.251 e. The van der Waals surface area contributed by atoms with Crippen molar-refractivity contribution in [3.63, 3.8) is 0 Å². The van der Waals surface area contributed by atoms with E-state index in [1.165, 1.54) is 12.1 Å². The zero-order valence-electron chi connectivity index (χ0n) is 15.1. The Hall–Kier alpha value is -2.54. The Bertz CT molecular complexity index is 834. The van der Waals surface area contributed by atoms with Crippen LogP contribution >= 0.6 is 0 Å². The minimum absolute atomic E-state index is 0.00211. The van der Waals surface area contributed by atoms with Crippen LogP contribution in [0.25, 0.3) is 0 Å². The van der Waals surface area contributed by atoms with Crippen molar-refractivity contribution in [3.05, 3.63) is 65.0 Å². The maximum atomic E-state index is 14.5. The molecular weight excluding hydrogens is 357 g/mol. The topological polar surface area (TPSA) is 41.6 Å². The van der Waals surface area contributed by atoms with E-state index in [9.17, 15) is 18.0 Å². The van der Waals surface area contributed by atoms with E-state index < -0.39 is 17.5 Å². The second kappa shape index (κ2) is 8.00. The third kappa shape index (κ3) is 4.60. The van der Waals surface area contributed by atoms with Crippen LogP contribution in [0.5, 0.6) is 0 Å². The number of carbonyl (C=O) groups excluding carboxylic acids is 1. The van der Waals surface area contributed by atoms with E-state index in [2.05, 4.69) is 5.32 Å². The number of hydrogen-bond donors (Lipinski definition) is 1. The minimum Gasteiger partial charge on any atom is -0.372 e. The molecule has 2 atom stereocenters. The molecule has 0 radical (unpaired) electrons. The Morgan fingerprint density at radius 2 is 1.74 bits per heavy atom. The first kappa shape index (κ1) is 19.2. The number of amides is 1. The van der Waals surface area contributed by atoms with E-state index in [1.54, 1.807) is 12.1 Å². The number of rotatable bonds is 4. The molecule has 1 aliphatic rings. The number of nitrogens with zero attached hydrogens (tertiary/aromatic N) is 1. The van der Waals surface area contributed by atoms with E-state index in [1.807, 2.05) is 18.7 Å². The van der Waals surface area contributed by atoms with Crippen molar-refractivity contribution in [2.24, 2.45) is 0 Å². The molecule has 7 heteroatoms. The number of nitrogens with one attached hydrogen (secondary N) is 1.